The number of nitrogens with zero attached hydrogens (tertiary/aromatic N) is 6. The molecule has 6 N–H and O–H groups in total. The first-order valence-electron chi connectivity index (χ1n) is 22.4. The van der Waals surface area contributed by atoms with E-state index in [-0.39, 0.29) is 41.7 Å². The number of methoxy groups -OCH3 is 1. The maximum absolute atomic E-state index is 13.2. The second kappa shape index (κ2) is 19.6. The SMILES string of the molecule is CCc1nc(C(N)=O)c(Nc2ccc(N3CCC(N4CCN(C(=O)CCCNc5ccc6c(c5)C(=O)N(C5CCC(=O)NC5=O)C6)CC4)CC3)c(OC)c2)nc1NC1CCOCC1. The Bertz CT molecular complexity index is 2200. The Morgan fingerprint density at radius 1 is 0.921 bits per heavy atom. The second-order valence-electron chi connectivity index (χ2n) is 16.9. The van der Waals surface area contributed by atoms with Crippen molar-refractivity contribution in [3.8, 4) is 5.75 Å². The molecule has 1 atom stereocenters. The number of rotatable bonds is 15. The summed E-state index contributed by atoms with van der Waals surface area (Å²) in [5.74, 6) is 0.207. The third-order valence-electron chi connectivity index (χ3n) is 13.0. The van der Waals surface area contributed by atoms with E-state index in [9.17, 15) is 24.0 Å². The lowest BCUT2D eigenvalue weighted by Crippen LogP contribution is -2.54. The van der Waals surface area contributed by atoms with Crippen LogP contribution in [0.5, 0.6) is 5.75 Å². The molecule has 4 saturated heterocycles. The van der Waals surface area contributed by atoms with E-state index in [4.69, 9.17) is 20.2 Å². The number of nitrogens with one attached hydrogen (secondary N) is 4. The number of fused-ring (bicyclic) bond motifs is 1. The highest BCUT2D eigenvalue weighted by Crippen LogP contribution is 2.36. The Morgan fingerprint density at radius 3 is 2.40 bits per heavy atom. The van der Waals surface area contributed by atoms with Gasteiger partial charge in [-0.25, -0.2) is 9.97 Å². The minimum atomic E-state index is -0.654. The van der Waals surface area contributed by atoms with Gasteiger partial charge >= 0.3 is 0 Å². The molecule has 0 saturated carbocycles. The Balaban J connectivity index is 0.779. The van der Waals surface area contributed by atoms with Crippen LogP contribution in [0, 0.1) is 0 Å². The van der Waals surface area contributed by atoms with Crippen LogP contribution in [0.2, 0.25) is 0 Å². The van der Waals surface area contributed by atoms with Gasteiger partial charge in [0.15, 0.2) is 17.3 Å². The van der Waals surface area contributed by atoms with Crippen LogP contribution in [0.25, 0.3) is 0 Å². The van der Waals surface area contributed by atoms with Gasteiger partial charge in [-0.1, -0.05) is 13.0 Å². The summed E-state index contributed by atoms with van der Waals surface area (Å²) in [7, 11) is 1.66. The summed E-state index contributed by atoms with van der Waals surface area (Å²) in [5.41, 5.74) is 10.5. The monoisotopic (exact) mass is 865 g/mol. The quantitative estimate of drug-likeness (QED) is 0.110. The van der Waals surface area contributed by atoms with Gasteiger partial charge in [0.2, 0.25) is 17.7 Å². The van der Waals surface area contributed by atoms with Gasteiger partial charge in [-0.2, -0.15) is 0 Å². The first-order valence-corrected chi connectivity index (χ1v) is 22.4. The van der Waals surface area contributed by atoms with Crippen LogP contribution in [0.4, 0.5) is 28.7 Å². The maximum Gasteiger partial charge on any atom is 0.271 e. The zero-order chi connectivity index (χ0) is 44.0. The summed E-state index contributed by atoms with van der Waals surface area (Å²) < 4.78 is 11.4. The van der Waals surface area contributed by atoms with Crippen molar-refractivity contribution in [1.82, 2.24) is 30.0 Å². The smallest absolute Gasteiger partial charge is 0.271 e. The Morgan fingerprint density at radius 2 is 1.68 bits per heavy atom. The lowest BCUT2D eigenvalue weighted by molar-refractivity contribution is -0.137. The van der Waals surface area contributed by atoms with Crippen LogP contribution in [-0.2, 0) is 32.1 Å². The number of carbonyl (C=O) groups excluding carboxylic acids is 5. The molecule has 5 aliphatic heterocycles. The van der Waals surface area contributed by atoms with Gasteiger partial charge in [0, 0.05) is 114 Å². The van der Waals surface area contributed by atoms with Crippen molar-refractivity contribution in [1.29, 1.82) is 0 Å². The number of primary amides is 1. The van der Waals surface area contributed by atoms with Gasteiger partial charge in [0.05, 0.1) is 18.5 Å². The van der Waals surface area contributed by atoms with E-state index in [1.807, 2.05) is 48.2 Å². The molecule has 0 spiro atoms. The summed E-state index contributed by atoms with van der Waals surface area (Å²) in [6.45, 7) is 9.13. The first-order chi connectivity index (χ1) is 30.6. The molecule has 3 aromatic rings. The molecule has 1 unspecified atom stereocenters. The highest BCUT2D eigenvalue weighted by Gasteiger charge is 2.39. The topological polar surface area (TPSA) is 217 Å². The van der Waals surface area contributed by atoms with Gasteiger partial charge in [-0.05, 0) is 74.8 Å². The number of anilines is 5. The number of benzene rings is 2. The number of nitrogens with two attached hydrogens (primary N) is 1. The normalized spacial score (nSPS) is 20.1. The van der Waals surface area contributed by atoms with Crippen molar-refractivity contribution in [3.63, 3.8) is 0 Å². The van der Waals surface area contributed by atoms with Crippen molar-refractivity contribution < 1.29 is 33.4 Å². The molecule has 1 aromatic heterocycles. The van der Waals surface area contributed by atoms with E-state index in [0.717, 1.165) is 68.8 Å². The number of aromatic nitrogens is 2. The molecule has 63 heavy (non-hydrogen) atoms. The molecule has 0 radical (unpaired) electrons. The molecular formula is C45H59N11O7. The standard InChI is InChI=1S/C45H59N11O7/c1-3-34-42(48-29-14-23-63-24-15-29)52-43(40(50-34)41(46)59)49-31-8-9-35(37(26-31)62-2)54-17-12-32(13-18-54)53-19-21-55(22-20-53)39(58)5-4-16-47-30-7-6-28-27-56(45(61)33(28)25-30)36-10-11-38(57)51-44(36)60/h6-9,25-26,29,32,36,47H,3-5,10-24,27H2,1-2H3,(H2,46,59)(H2,48,49,52)(H,51,57,60). The van der Waals surface area contributed by atoms with Crippen LogP contribution >= 0.6 is 0 Å². The predicted octanol–water partition coefficient (Wildman–Crippen LogP) is 3.25. The molecule has 6 heterocycles. The van der Waals surface area contributed by atoms with Crippen LogP contribution in [0.3, 0.4) is 0 Å². The highest BCUT2D eigenvalue weighted by atomic mass is 16.5. The number of piperazine rings is 1. The van der Waals surface area contributed by atoms with Crippen molar-refractivity contribution in [3.05, 3.63) is 58.9 Å². The van der Waals surface area contributed by atoms with Crippen molar-refractivity contribution in [2.45, 2.75) is 89.4 Å². The van der Waals surface area contributed by atoms with Gasteiger partial charge in [0.25, 0.3) is 11.8 Å². The van der Waals surface area contributed by atoms with Gasteiger partial charge in [0.1, 0.15) is 11.8 Å². The highest BCUT2D eigenvalue weighted by molar-refractivity contribution is 6.05. The number of hydrogen-bond acceptors (Lipinski definition) is 14. The van der Waals surface area contributed by atoms with Crippen molar-refractivity contribution in [2.24, 2.45) is 5.73 Å². The van der Waals surface area contributed by atoms with E-state index >= 15 is 0 Å². The molecule has 0 aliphatic carbocycles. The van der Waals surface area contributed by atoms with Gasteiger partial charge < -0.3 is 45.9 Å². The van der Waals surface area contributed by atoms with Crippen LogP contribution < -0.4 is 36.6 Å². The molecule has 2 aromatic carbocycles. The summed E-state index contributed by atoms with van der Waals surface area (Å²) in [6.07, 6.45) is 5.97. The summed E-state index contributed by atoms with van der Waals surface area (Å²) >= 11 is 0. The largest absolute Gasteiger partial charge is 0.495 e. The average Bonchev–Trinajstić information content (AvgIpc) is 3.62. The molecule has 4 fully saturated rings. The van der Waals surface area contributed by atoms with E-state index < -0.39 is 17.9 Å². The number of piperidine rings is 2. The molecular weight excluding hydrogens is 807 g/mol. The third-order valence-corrected chi connectivity index (χ3v) is 13.0. The molecule has 5 amide bonds. The number of imide groups is 1. The minimum absolute atomic E-state index is 0.0868. The summed E-state index contributed by atoms with van der Waals surface area (Å²) in [6, 6.07) is 11.5. The summed E-state index contributed by atoms with van der Waals surface area (Å²) in [5, 5.41) is 12.5. The molecule has 18 nitrogen and oxygen atoms in total. The lowest BCUT2D eigenvalue weighted by Gasteiger charge is -2.43. The molecule has 336 valence electrons. The van der Waals surface area contributed by atoms with E-state index in [1.54, 1.807) is 12.0 Å². The van der Waals surface area contributed by atoms with E-state index in [0.29, 0.717) is 99.6 Å². The van der Waals surface area contributed by atoms with Crippen LogP contribution in [0.15, 0.2) is 36.4 Å². The third kappa shape index (κ3) is 9.96. The van der Waals surface area contributed by atoms with Gasteiger partial charge in [-0.3, -0.25) is 34.2 Å². The lowest BCUT2D eigenvalue weighted by atomic mass is 10.0. The first kappa shape index (κ1) is 43.6. The fraction of sp³-hybridized carbons (Fsp3) is 0.533. The van der Waals surface area contributed by atoms with Crippen LogP contribution in [-0.4, -0.2) is 138 Å². The Hall–Kier alpha value is -6.01. The number of ether oxygens (including phenoxy) is 2. The maximum atomic E-state index is 13.2. The average molecular weight is 866 g/mol. The number of carbonyl (C=O) groups is 5. The molecule has 0 bridgehead atoms. The number of aryl methyl sites for hydroxylation is 1. The Kier molecular flexibility index (Phi) is 13.6. The number of amides is 5. The minimum Gasteiger partial charge on any atom is -0.495 e. The zero-order valence-electron chi connectivity index (χ0n) is 36.2. The van der Waals surface area contributed by atoms with Crippen molar-refractivity contribution >= 4 is 58.2 Å². The van der Waals surface area contributed by atoms with E-state index in [1.165, 1.54) is 0 Å². The molecule has 18 heteroatoms. The Labute approximate surface area is 367 Å². The fourth-order valence-corrected chi connectivity index (χ4v) is 9.38. The predicted molar refractivity (Wildman–Crippen MR) is 237 cm³/mol. The molecule has 5 aliphatic rings. The van der Waals surface area contributed by atoms with Crippen LogP contribution in [0.1, 0.15) is 90.4 Å². The van der Waals surface area contributed by atoms with Crippen molar-refractivity contribution in [2.75, 3.05) is 87.0 Å². The van der Waals surface area contributed by atoms with E-state index in [2.05, 4.69) is 36.1 Å². The second-order valence-corrected chi connectivity index (χ2v) is 16.9. The summed E-state index contributed by atoms with van der Waals surface area (Å²) in [4.78, 5) is 80.7. The molecule has 8 rings (SSSR count). The fourth-order valence-electron chi connectivity index (χ4n) is 9.38. The van der Waals surface area contributed by atoms with Gasteiger partial charge in [-0.15, -0.1) is 0 Å². The number of hydrogen-bond donors (Lipinski definition) is 5. The zero-order valence-corrected chi connectivity index (χ0v) is 36.2.